The van der Waals surface area contributed by atoms with Gasteiger partial charge in [-0.15, -0.1) is 11.3 Å². The quantitative estimate of drug-likeness (QED) is 0.881. The number of halogens is 1. The molecule has 1 aromatic heterocycles. The summed E-state index contributed by atoms with van der Waals surface area (Å²) in [6.07, 6.45) is 0. The highest BCUT2D eigenvalue weighted by atomic mass is 79.9. The number of hydrogen-bond acceptors (Lipinski definition) is 4. The van der Waals surface area contributed by atoms with E-state index in [0.29, 0.717) is 10.6 Å². The van der Waals surface area contributed by atoms with Gasteiger partial charge in [0.2, 0.25) is 5.91 Å². The summed E-state index contributed by atoms with van der Waals surface area (Å²) >= 11 is 4.70. The van der Waals surface area contributed by atoms with Crippen LogP contribution in [0.25, 0.3) is 0 Å². The molecule has 1 amide bonds. The normalized spacial score (nSPS) is 11.4. The number of nitrogens with zero attached hydrogens (tertiary/aromatic N) is 1. The smallest absolute Gasteiger partial charge is 0.247 e. The Hall–Kier alpha value is -1.84. The minimum atomic E-state index is -0.398. The van der Waals surface area contributed by atoms with E-state index in [1.165, 1.54) is 11.3 Å². The van der Waals surface area contributed by atoms with Gasteiger partial charge in [-0.05, 0) is 42.6 Å². The van der Waals surface area contributed by atoms with Gasteiger partial charge in [-0.3, -0.25) is 4.79 Å². The summed E-state index contributed by atoms with van der Waals surface area (Å²) < 4.78 is 0.984. The van der Waals surface area contributed by atoms with Crippen LogP contribution in [0, 0.1) is 11.3 Å². The Morgan fingerprint density at radius 3 is 2.70 bits per heavy atom. The minimum absolute atomic E-state index is 0.174. The van der Waals surface area contributed by atoms with Crippen molar-refractivity contribution < 1.29 is 4.79 Å². The van der Waals surface area contributed by atoms with Crippen LogP contribution in [0.4, 0.5) is 10.7 Å². The molecule has 102 valence electrons. The number of amides is 1. The molecule has 0 fully saturated rings. The first-order chi connectivity index (χ1) is 9.60. The Balaban J connectivity index is 1.99. The molecule has 4 nitrogen and oxygen atoms in total. The van der Waals surface area contributed by atoms with Crippen molar-refractivity contribution in [3.05, 3.63) is 45.7 Å². The van der Waals surface area contributed by atoms with Gasteiger partial charge in [0.15, 0.2) is 0 Å². The molecule has 0 bridgehead atoms. The molecule has 2 rings (SSSR count). The van der Waals surface area contributed by atoms with E-state index in [1.807, 2.05) is 30.3 Å². The average molecular weight is 350 g/mol. The predicted octanol–water partition coefficient (Wildman–Crippen LogP) is 3.82. The summed E-state index contributed by atoms with van der Waals surface area (Å²) in [5, 5.41) is 17.1. The molecule has 0 aliphatic carbocycles. The number of hydrogen-bond donors (Lipinski definition) is 2. The summed E-state index contributed by atoms with van der Waals surface area (Å²) in [6.45, 7) is 1.77. The molecule has 0 saturated heterocycles. The molecule has 2 N–H and O–H groups in total. The molecule has 6 heteroatoms. The molecular weight excluding hydrogens is 338 g/mol. The van der Waals surface area contributed by atoms with Crippen LogP contribution in [-0.2, 0) is 4.79 Å². The molecule has 20 heavy (non-hydrogen) atoms. The highest BCUT2D eigenvalue weighted by Gasteiger charge is 2.15. The van der Waals surface area contributed by atoms with E-state index >= 15 is 0 Å². The van der Waals surface area contributed by atoms with Crippen molar-refractivity contribution in [3.8, 4) is 6.07 Å². The zero-order valence-corrected chi connectivity index (χ0v) is 13.1. The second kappa shape index (κ2) is 6.55. The Morgan fingerprint density at radius 2 is 2.05 bits per heavy atom. The van der Waals surface area contributed by atoms with Gasteiger partial charge in [0, 0.05) is 10.2 Å². The van der Waals surface area contributed by atoms with Crippen molar-refractivity contribution >= 4 is 43.9 Å². The maximum Gasteiger partial charge on any atom is 0.247 e. The van der Waals surface area contributed by atoms with E-state index in [1.54, 1.807) is 18.4 Å². The zero-order valence-electron chi connectivity index (χ0n) is 10.7. The second-order valence-corrected chi connectivity index (χ2v) is 5.97. The molecule has 2 aromatic rings. The average Bonchev–Trinajstić information content (AvgIpc) is 2.88. The first kappa shape index (κ1) is 14.6. The lowest BCUT2D eigenvalue weighted by atomic mass is 10.2. The first-order valence-corrected chi connectivity index (χ1v) is 7.58. The lowest BCUT2D eigenvalue weighted by Gasteiger charge is -2.14. The predicted molar refractivity (Wildman–Crippen MR) is 84.9 cm³/mol. The topological polar surface area (TPSA) is 64.9 Å². The van der Waals surface area contributed by atoms with E-state index < -0.39 is 6.04 Å². The summed E-state index contributed by atoms with van der Waals surface area (Å²) in [4.78, 5) is 12.1. The summed E-state index contributed by atoms with van der Waals surface area (Å²) in [6, 6.07) is 10.9. The lowest BCUT2D eigenvalue weighted by Crippen LogP contribution is -2.31. The number of benzene rings is 1. The van der Waals surface area contributed by atoms with Gasteiger partial charge < -0.3 is 10.6 Å². The van der Waals surface area contributed by atoms with Crippen LogP contribution in [-0.4, -0.2) is 11.9 Å². The Kier molecular flexibility index (Phi) is 4.77. The molecule has 0 saturated carbocycles. The highest BCUT2D eigenvalue weighted by molar-refractivity contribution is 9.10. The molecule has 1 atom stereocenters. The van der Waals surface area contributed by atoms with Crippen molar-refractivity contribution in [3.63, 3.8) is 0 Å². The maximum atomic E-state index is 12.1. The monoisotopic (exact) mass is 349 g/mol. The number of nitrogens with one attached hydrogen (secondary N) is 2. The van der Waals surface area contributed by atoms with Crippen LogP contribution in [0.2, 0.25) is 0 Å². The molecule has 0 spiro atoms. The van der Waals surface area contributed by atoms with Gasteiger partial charge in [0.1, 0.15) is 17.1 Å². The van der Waals surface area contributed by atoms with E-state index in [-0.39, 0.29) is 5.91 Å². The molecule has 1 heterocycles. The number of thiophene rings is 1. The van der Waals surface area contributed by atoms with Gasteiger partial charge in [-0.1, -0.05) is 15.9 Å². The van der Waals surface area contributed by atoms with Gasteiger partial charge >= 0.3 is 0 Å². The zero-order chi connectivity index (χ0) is 14.5. The van der Waals surface area contributed by atoms with Crippen LogP contribution in [0.3, 0.4) is 0 Å². The minimum Gasteiger partial charge on any atom is -0.374 e. The second-order valence-electron chi connectivity index (χ2n) is 4.14. The third kappa shape index (κ3) is 3.59. The van der Waals surface area contributed by atoms with Crippen molar-refractivity contribution in [2.24, 2.45) is 0 Å². The molecule has 0 unspecified atom stereocenters. The van der Waals surface area contributed by atoms with Crippen LogP contribution >= 0.6 is 27.3 Å². The van der Waals surface area contributed by atoms with Gasteiger partial charge in [-0.25, -0.2) is 0 Å². The standard InChI is InChI=1S/C14H12BrN3OS/c1-9(17-12-4-2-11(15)3-5-12)13(19)18-14-10(8-16)6-7-20-14/h2-7,9,17H,1H3,(H,18,19)/t9-/m1/s1. The first-order valence-electron chi connectivity index (χ1n) is 5.90. The number of anilines is 2. The van der Waals surface area contributed by atoms with Crippen molar-refractivity contribution in [2.45, 2.75) is 13.0 Å². The van der Waals surface area contributed by atoms with Crippen molar-refractivity contribution in [1.29, 1.82) is 5.26 Å². The van der Waals surface area contributed by atoms with Crippen LogP contribution < -0.4 is 10.6 Å². The summed E-state index contributed by atoms with van der Waals surface area (Å²) in [5.74, 6) is -0.174. The molecule has 0 radical (unpaired) electrons. The largest absolute Gasteiger partial charge is 0.374 e. The van der Waals surface area contributed by atoms with Gasteiger partial charge in [0.05, 0.1) is 5.56 Å². The van der Waals surface area contributed by atoms with E-state index in [2.05, 4.69) is 26.6 Å². The van der Waals surface area contributed by atoms with Crippen molar-refractivity contribution in [1.82, 2.24) is 0 Å². The summed E-state index contributed by atoms with van der Waals surface area (Å²) in [5.41, 5.74) is 1.35. The Morgan fingerprint density at radius 1 is 1.35 bits per heavy atom. The SMILES string of the molecule is C[C@@H](Nc1ccc(Br)cc1)C(=O)Nc1sccc1C#N. The Labute approximate surface area is 129 Å². The van der Waals surface area contributed by atoms with Crippen LogP contribution in [0.5, 0.6) is 0 Å². The molecule has 1 aromatic carbocycles. The van der Waals surface area contributed by atoms with Gasteiger partial charge in [0.25, 0.3) is 0 Å². The number of carbonyl (C=O) groups excluding carboxylic acids is 1. The maximum absolute atomic E-state index is 12.1. The van der Waals surface area contributed by atoms with Crippen molar-refractivity contribution in [2.75, 3.05) is 10.6 Å². The molecule has 0 aliphatic heterocycles. The van der Waals surface area contributed by atoms with E-state index in [9.17, 15) is 4.79 Å². The van der Waals surface area contributed by atoms with E-state index in [4.69, 9.17) is 5.26 Å². The fourth-order valence-corrected chi connectivity index (χ4v) is 2.58. The number of nitriles is 1. The molecule has 0 aliphatic rings. The number of rotatable bonds is 4. The van der Waals surface area contributed by atoms with Crippen LogP contribution in [0.1, 0.15) is 12.5 Å². The molecular formula is C14H12BrN3OS. The highest BCUT2D eigenvalue weighted by Crippen LogP contribution is 2.22. The fraction of sp³-hybridized carbons (Fsp3) is 0.143. The third-order valence-corrected chi connectivity index (χ3v) is 4.00. The van der Waals surface area contributed by atoms with E-state index in [0.717, 1.165) is 10.2 Å². The van der Waals surface area contributed by atoms with Gasteiger partial charge in [-0.2, -0.15) is 5.26 Å². The fourth-order valence-electron chi connectivity index (χ4n) is 1.58. The number of carbonyl (C=O) groups is 1. The lowest BCUT2D eigenvalue weighted by molar-refractivity contribution is -0.116. The summed E-state index contributed by atoms with van der Waals surface area (Å²) in [7, 11) is 0. The Bertz CT molecular complexity index is 645. The third-order valence-electron chi connectivity index (χ3n) is 2.64. The van der Waals surface area contributed by atoms with Crippen LogP contribution in [0.15, 0.2) is 40.2 Å².